The van der Waals surface area contributed by atoms with Crippen molar-refractivity contribution in [3.63, 3.8) is 0 Å². The monoisotopic (exact) mass is 203 g/mol. The Kier molecular flexibility index (Phi) is 2.41. The van der Waals surface area contributed by atoms with Gasteiger partial charge in [-0.25, -0.2) is 0 Å². The Hall–Kier alpha value is -1.66. The van der Waals surface area contributed by atoms with Crippen LogP contribution in [0.3, 0.4) is 0 Å². The Labute approximate surface area is 79.1 Å². The van der Waals surface area contributed by atoms with Crippen LogP contribution in [0.5, 0.6) is 0 Å². The Morgan fingerprint density at radius 2 is 2.36 bits per heavy atom. The number of cyclic esters (lactones) is 1. The first-order valence-electron chi connectivity index (χ1n) is 3.83. The lowest BCUT2D eigenvalue weighted by molar-refractivity contribution is -0.531. The van der Waals surface area contributed by atoms with Gasteiger partial charge in [0.05, 0.1) is 7.11 Å². The summed E-state index contributed by atoms with van der Waals surface area (Å²) in [5.74, 6) is -1.85. The molecule has 1 fully saturated rings. The van der Waals surface area contributed by atoms with Gasteiger partial charge in [-0.1, -0.05) is 0 Å². The highest BCUT2D eigenvalue weighted by Gasteiger charge is 2.62. The minimum atomic E-state index is -1.82. The summed E-state index contributed by atoms with van der Waals surface area (Å²) in [6, 6.07) is -1.37. The Morgan fingerprint density at radius 3 is 2.79 bits per heavy atom. The molecule has 0 aliphatic carbocycles. The van der Waals surface area contributed by atoms with Crippen molar-refractivity contribution in [2.24, 2.45) is 5.41 Å². The standard InChI is InChI=1S/C7H9NO6/c1-7(5(9)13-2)4(8(11)12)3-14-6(7)10/h4H,3H2,1-2H3. The number of nitrogens with zero attached hydrogens (tertiary/aromatic N) is 1. The average molecular weight is 203 g/mol. The number of hydrogen-bond donors (Lipinski definition) is 0. The molecule has 1 saturated heterocycles. The van der Waals surface area contributed by atoms with Crippen LogP contribution in [0.4, 0.5) is 0 Å². The summed E-state index contributed by atoms with van der Waals surface area (Å²) in [4.78, 5) is 32.3. The SMILES string of the molecule is COC(=O)C1(C)C(=O)OCC1[N+](=O)[O-]. The van der Waals surface area contributed by atoms with Crippen LogP contribution in [0.1, 0.15) is 6.92 Å². The van der Waals surface area contributed by atoms with Gasteiger partial charge in [0.1, 0.15) is 0 Å². The van der Waals surface area contributed by atoms with Gasteiger partial charge in [-0.05, 0) is 6.92 Å². The lowest BCUT2D eigenvalue weighted by atomic mass is 9.85. The number of nitro groups is 1. The van der Waals surface area contributed by atoms with Gasteiger partial charge in [0.25, 0.3) is 6.04 Å². The zero-order chi connectivity index (χ0) is 10.9. The van der Waals surface area contributed by atoms with Crippen molar-refractivity contribution < 1.29 is 24.0 Å². The van der Waals surface area contributed by atoms with Crippen LogP contribution in [0, 0.1) is 15.5 Å². The molecular weight excluding hydrogens is 194 g/mol. The molecule has 1 rings (SSSR count). The number of carbonyl (C=O) groups excluding carboxylic acids is 2. The fourth-order valence-corrected chi connectivity index (χ4v) is 1.31. The highest BCUT2D eigenvalue weighted by Crippen LogP contribution is 2.32. The van der Waals surface area contributed by atoms with E-state index in [1.807, 2.05) is 0 Å². The molecule has 14 heavy (non-hydrogen) atoms. The van der Waals surface area contributed by atoms with Crippen LogP contribution in [0.15, 0.2) is 0 Å². The zero-order valence-electron chi connectivity index (χ0n) is 7.68. The van der Waals surface area contributed by atoms with Crippen LogP contribution in [0.2, 0.25) is 0 Å². The highest BCUT2D eigenvalue weighted by atomic mass is 16.6. The molecule has 7 nitrogen and oxygen atoms in total. The van der Waals surface area contributed by atoms with Gasteiger partial charge in [0, 0.05) is 4.92 Å². The fraction of sp³-hybridized carbons (Fsp3) is 0.714. The quantitative estimate of drug-likeness (QED) is 0.256. The number of rotatable bonds is 2. The van der Waals surface area contributed by atoms with Crippen molar-refractivity contribution in [3.05, 3.63) is 10.1 Å². The van der Waals surface area contributed by atoms with Crippen LogP contribution >= 0.6 is 0 Å². The molecule has 1 aliphatic rings. The molecule has 0 spiro atoms. The van der Waals surface area contributed by atoms with Crippen molar-refractivity contribution in [3.8, 4) is 0 Å². The summed E-state index contributed by atoms with van der Waals surface area (Å²) in [5, 5.41) is 10.5. The van der Waals surface area contributed by atoms with Gasteiger partial charge in [0.2, 0.25) is 5.41 Å². The second-order valence-corrected chi connectivity index (χ2v) is 3.09. The third-order valence-corrected chi connectivity index (χ3v) is 2.33. The summed E-state index contributed by atoms with van der Waals surface area (Å²) in [6.07, 6.45) is 0. The van der Waals surface area contributed by atoms with E-state index >= 15 is 0 Å². The molecule has 0 aromatic carbocycles. The molecule has 7 heteroatoms. The second kappa shape index (κ2) is 3.24. The van der Waals surface area contributed by atoms with Crippen LogP contribution in [-0.2, 0) is 19.1 Å². The molecular formula is C7H9NO6. The van der Waals surface area contributed by atoms with E-state index in [1.54, 1.807) is 0 Å². The smallest absolute Gasteiger partial charge is 0.330 e. The van der Waals surface area contributed by atoms with E-state index in [0.717, 1.165) is 14.0 Å². The first-order valence-corrected chi connectivity index (χ1v) is 3.83. The van der Waals surface area contributed by atoms with Gasteiger partial charge in [-0.15, -0.1) is 0 Å². The number of ether oxygens (including phenoxy) is 2. The topological polar surface area (TPSA) is 95.7 Å². The van der Waals surface area contributed by atoms with E-state index < -0.39 is 34.9 Å². The van der Waals surface area contributed by atoms with E-state index in [0.29, 0.717) is 0 Å². The maximum Gasteiger partial charge on any atom is 0.330 e. The highest BCUT2D eigenvalue weighted by molar-refractivity contribution is 6.01. The number of esters is 2. The van der Waals surface area contributed by atoms with E-state index in [-0.39, 0.29) is 0 Å². The third-order valence-electron chi connectivity index (χ3n) is 2.33. The minimum absolute atomic E-state index is 0.391. The van der Waals surface area contributed by atoms with Crippen molar-refractivity contribution in [1.82, 2.24) is 0 Å². The van der Waals surface area contributed by atoms with E-state index in [4.69, 9.17) is 0 Å². The maximum atomic E-state index is 11.2. The van der Waals surface area contributed by atoms with Crippen molar-refractivity contribution in [1.29, 1.82) is 0 Å². The average Bonchev–Trinajstić information content (AvgIpc) is 2.43. The minimum Gasteiger partial charge on any atom is -0.468 e. The number of methoxy groups -OCH3 is 1. The lowest BCUT2D eigenvalue weighted by Gasteiger charge is -2.17. The predicted molar refractivity (Wildman–Crippen MR) is 41.9 cm³/mol. The molecule has 0 saturated carbocycles. The van der Waals surface area contributed by atoms with Gasteiger partial charge >= 0.3 is 11.9 Å². The Morgan fingerprint density at radius 1 is 1.79 bits per heavy atom. The van der Waals surface area contributed by atoms with Gasteiger partial charge in [-0.3, -0.25) is 19.7 Å². The lowest BCUT2D eigenvalue weighted by Crippen LogP contribution is -2.46. The predicted octanol–water partition coefficient (Wildman–Crippen LogP) is -0.632. The molecule has 0 radical (unpaired) electrons. The molecule has 0 aromatic heterocycles. The van der Waals surface area contributed by atoms with Crippen molar-refractivity contribution in [2.75, 3.05) is 13.7 Å². The number of carbonyl (C=O) groups is 2. The van der Waals surface area contributed by atoms with Crippen molar-refractivity contribution >= 4 is 11.9 Å². The van der Waals surface area contributed by atoms with Gasteiger partial charge in [-0.2, -0.15) is 0 Å². The second-order valence-electron chi connectivity index (χ2n) is 3.09. The largest absolute Gasteiger partial charge is 0.468 e. The number of hydrogen-bond acceptors (Lipinski definition) is 6. The summed E-state index contributed by atoms with van der Waals surface area (Å²) in [5.41, 5.74) is -1.82. The molecule has 2 atom stereocenters. The summed E-state index contributed by atoms with van der Waals surface area (Å²) >= 11 is 0. The zero-order valence-corrected chi connectivity index (χ0v) is 7.68. The first kappa shape index (κ1) is 10.4. The van der Waals surface area contributed by atoms with E-state index in [9.17, 15) is 19.7 Å². The van der Waals surface area contributed by atoms with Crippen LogP contribution < -0.4 is 0 Å². The normalized spacial score (nSPS) is 31.0. The molecule has 0 amide bonds. The summed E-state index contributed by atoms with van der Waals surface area (Å²) < 4.78 is 8.83. The first-order chi connectivity index (χ1) is 6.44. The third kappa shape index (κ3) is 1.21. The van der Waals surface area contributed by atoms with E-state index in [1.165, 1.54) is 0 Å². The summed E-state index contributed by atoms with van der Waals surface area (Å²) in [7, 11) is 1.07. The molecule has 1 heterocycles. The van der Waals surface area contributed by atoms with Gasteiger partial charge < -0.3 is 9.47 Å². The maximum absolute atomic E-state index is 11.2. The Bertz CT molecular complexity index is 301. The molecule has 0 bridgehead atoms. The molecule has 0 N–H and O–H groups in total. The van der Waals surface area contributed by atoms with Crippen LogP contribution in [-0.4, -0.2) is 36.6 Å². The van der Waals surface area contributed by atoms with E-state index in [2.05, 4.69) is 9.47 Å². The molecule has 1 aliphatic heterocycles. The van der Waals surface area contributed by atoms with Crippen molar-refractivity contribution in [2.45, 2.75) is 13.0 Å². The fourth-order valence-electron chi connectivity index (χ4n) is 1.31. The molecule has 78 valence electrons. The molecule has 0 aromatic rings. The van der Waals surface area contributed by atoms with Crippen LogP contribution in [0.25, 0.3) is 0 Å². The summed E-state index contributed by atoms with van der Waals surface area (Å²) in [6.45, 7) is 0.763. The van der Waals surface area contributed by atoms with Gasteiger partial charge in [0.15, 0.2) is 6.61 Å². The Balaban J connectivity index is 3.07. The molecule has 2 unspecified atom stereocenters.